The van der Waals surface area contributed by atoms with Gasteiger partial charge < -0.3 is 9.52 Å². The van der Waals surface area contributed by atoms with E-state index in [0.717, 1.165) is 6.26 Å². The number of carbonyl (C=O) groups is 1. The molecular formula is C11H10N2O5. The number of H-pyrrole nitrogens is 1. The molecule has 94 valence electrons. The Hall–Kier alpha value is -2.57. The van der Waals surface area contributed by atoms with Gasteiger partial charge in [-0.25, -0.2) is 9.59 Å². The summed E-state index contributed by atoms with van der Waals surface area (Å²) >= 11 is 0. The molecule has 2 aromatic heterocycles. The number of furan rings is 1. The number of aromatic nitrogens is 2. The molecule has 2 N–H and O–H groups in total. The molecule has 0 saturated heterocycles. The summed E-state index contributed by atoms with van der Waals surface area (Å²) in [4.78, 5) is 35.5. The third-order valence-corrected chi connectivity index (χ3v) is 2.42. The summed E-state index contributed by atoms with van der Waals surface area (Å²) in [5.74, 6) is -0.782. The Morgan fingerprint density at radius 1 is 1.50 bits per heavy atom. The summed E-state index contributed by atoms with van der Waals surface area (Å²) in [6.07, 6.45) is 2.49. The van der Waals surface area contributed by atoms with Gasteiger partial charge in [0.1, 0.15) is 12.0 Å². The number of aryl methyl sites for hydroxylation is 1. The van der Waals surface area contributed by atoms with Gasteiger partial charge in [0.2, 0.25) is 0 Å². The predicted molar refractivity (Wildman–Crippen MR) is 60.8 cm³/mol. The molecule has 2 rings (SSSR count). The van der Waals surface area contributed by atoms with Crippen LogP contribution in [0, 0.1) is 6.92 Å². The lowest BCUT2D eigenvalue weighted by atomic mass is 10.3. The zero-order chi connectivity index (χ0) is 13.3. The SMILES string of the molecule is Cc1cn(Cc2cc(C(=O)O)co2)c(=O)[nH]c1=O. The van der Waals surface area contributed by atoms with Crippen molar-refractivity contribution in [2.45, 2.75) is 13.5 Å². The van der Waals surface area contributed by atoms with E-state index < -0.39 is 17.2 Å². The number of nitrogens with one attached hydrogen (secondary N) is 1. The third kappa shape index (κ3) is 2.24. The van der Waals surface area contributed by atoms with Crippen LogP contribution in [0.4, 0.5) is 0 Å². The van der Waals surface area contributed by atoms with E-state index in [4.69, 9.17) is 9.52 Å². The van der Waals surface area contributed by atoms with Crippen molar-refractivity contribution in [2.24, 2.45) is 0 Å². The van der Waals surface area contributed by atoms with Gasteiger partial charge in [-0.1, -0.05) is 0 Å². The lowest BCUT2D eigenvalue weighted by molar-refractivity contribution is 0.0696. The van der Waals surface area contributed by atoms with Crippen molar-refractivity contribution in [3.8, 4) is 0 Å². The molecule has 0 radical (unpaired) electrons. The highest BCUT2D eigenvalue weighted by atomic mass is 16.4. The summed E-state index contributed by atoms with van der Waals surface area (Å²) in [6.45, 7) is 1.63. The van der Waals surface area contributed by atoms with Gasteiger partial charge in [0.15, 0.2) is 0 Å². The van der Waals surface area contributed by atoms with Crippen molar-refractivity contribution < 1.29 is 14.3 Å². The van der Waals surface area contributed by atoms with Crippen molar-refractivity contribution in [3.63, 3.8) is 0 Å². The number of carboxylic acid groups (broad SMARTS) is 1. The van der Waals surface area contributed by atoms with Crippen LogP contribution in [0.5, 0.6) is 0 Å². The van der Waals surface area contributed by atoms with Gasteiger partial charge in [0.05, 0.1) is 12.1 Å². The van der Waals surface area contributed by atoms with Crippen LogP contribution in [0.2, 0.25) is 0 Å². The number of rotatable bonds is 3. The van der Waals surface area contributed by atoms with Crippen LogP contribution >= 0.6 is 0 Å². The highest BCUT2D eigenvalue weighted by Gasteiger charge is 2.09. The average Bonchev–Trinajstić information content (AvgIpc) is 2.74. The number of hydrogen-bond acceptors (Lipinski definition) is 4. The van der Waals surface area contributed by atoms with Gasteiger partial charge in [-0.2, -0.15) is 0 Å². The molecule has 0 fully saturated rings. The Morgan fingerprint density at radius 3 is 2.83 bits per heavy atom. The van der Waals surface area contributed by atoms with Crippen molar-refractivity contribution in [2.75, 3.05) is 0 Å². The van der Waals surface area contributed by atoms with E-state index in [-0.39, 0.29) is 12.1 Å². The maximum atomic E-state index is 11.5. The lowest BCUT2D eigenvalue weighted by Gasteiger charge is -2.02. The number of hydrogen-bond donors (Lipinski definition) is 2. The molecule has 0 bridgehead atoms. The fourth-order valence-electron chi connectivity index (χ4n) is 1.48. The molecule has 2 heterocycles. The predicted octanol–water partition coefficient (Wildman–Crippen LogP) is 0.185. The van der Waals surface area contributed by atoms with E-state index in [0.29, 0.717) is 11.3 Å². The molecule has 7 nitrogen and oxygen atoms in total. The van der Waals surface area contributed by atoms with E-state index in [1.807, 2.05) is 0 Å². The summed E-state index contributed by atoms with van der Waals surface area (Å²) in [5, 5.41) is 8.72. The Kier molecular flexibility index (Phi) is 2.88. The molecule has 7 heteroatoms. The summed E-state index contributed by atoms with van der Waals surface area (Å²) in [6, 6.07) is 1.33. The molecule has 0 unspecified atom stereocenters. The van der Waals surface area contributed by atoms with Crippen LogP contribution in [0.25, 0.3) is 0 Å². The molecule has 0 spiro atoms. The van der Waals surface area contributed by atoms with Crippen LogP contribution in [0.1, 0.15) is 21.7 Å². The van der Waals surface area contributed by atoms with Gasteiger partial charge in [0, 0.05) is 11.8 Å². The van der Waals surface area contributed by atoms with Crippen LogP contribution in [-0.2, 0) is 6.54 Å². The average molecular weight is 250 g/mol. The number of aromatic carboxylic acids is 1. The van der Waals surface area contributed by atoms with Gasteiger partial charge in [-0.15, -0.1) is 0 Å². The standard InChI is InChI=1S/C11H10N2O5/c1-6-3-13(11(17)12-9(6)14)4-8-2-7(5-18-8)10(15)16/h2-3,5H,4H2,1H3,(H,15,16)(H,12,14,17). The van der Waals surface area contributed by atoms with Crippen LogP contribution in [0.15, 0.2) is 32.5 Å². The largest absolute Gasteiger partial charge is 0.478 e. The Labute approximate surface area is 100 Å². The highest BCUT2D eigenvalue weighted by Crippen LogP contribution is 2.08. The van der Waals surface area contributed by atoms with Gasteiger partial charge in [-0.3, -0.25) is 14.3 Å². The van der Waals surface area contributed by atoms with E-state index >= 15 is 0 Å². The molecule has 0 aliphatic heterocycles. The highest BCUT2D eigenvalue weighted by molar-refractivity contribution is 5.87. The van der Waals surface area contributed by atoms with Crippen molar-refractivity contribution in [3.05, 3.63) is 56.3 Å². The van der Waals surface area contributed by atoms with E-state index in [9.17, 15) is 14.4 Å². The zero-order valence-electron chi connectivity index (χ0n) is 9.47. The molecule has 0 saturated carbocycles. The summed E-state index contributed by atoms with van der Waals surface area (Å²) in [7, 11) is 0. The van der Waals surface area contributed by atoms with Crippen molar-refractivity contribution >= 4 is 5.97 Å². The van der Waals surface area contributed by atoms with Crippen LogP contribution < -0.4 is 11.2 Å². The molecule has 0 aromatic carbocycles. The maximum Gasteiger partial charge on any atom is 0.338 e. The van der Waals surface area contributed by atoms with E-state index in [1.165, 1.54) is 16.8 Å². The lowest BCUT2D eigenvalue weighted by Crippen LogP contribution is -2.30. The van der Waals surface area contributed by atoms with Gasteiger partial charge in [-0.05, 0) is 13.0 Å². The number of aromatic amines is 1. The summed E-state index contributed by atoms with van der Waals surface area (Å²) < 4.78 is 6.26. The topological polar surface area (TPSA) is 105 Å². The third-order valence-electron chi connectivity index (χ3n) is 2.42. The Morgan fingerprint density at radius 2 is 2.22 bits per heavy atom. The normalized spacial score (nSPS) is 10.5. The summed E-state index contributed by atoms with van der Waals surface area (Å²) in [5.41, 5.74) is -0.611. The number of nitrogens with zero attached hydrogens (tertiary/aromatic N) is 1. The van der Waals surface area contributed by atoms with E-state index in [2.05, 4.69) is 4.98 Å². The first-order valence-electron chi connectivity index (χ1n) is 5.08. The minimum absolute atomic E-state index is 0.0131. The molecule has 2 aromatic rings. The van der Waals surface area contributed by atoms with Crippen molar-refractivity contribution in [1.82, 2.24) is 9.55 Å². The van der Waals surface area contributed by atoms with Crippen LogP contribution in [0.3, 0.4) is 0 Å². The maximum absolute atomic E-state index is 11.5. The first-order chi connectivity index (χ1) is 8.47. The fraction of sp³-hybridized carbons (Fsp3) is 0.182. The van der Waals surface area contributed by atoms with Crippen molar-refractivity contribution in [1.29, 1.82) is 0 Å². The first kappa shape index (κ1) is 11.9. The smallest absolute Gasteiger partial charge is 0.338 e. The molecule has 18 heavy (non-hydrogen) atoms. The van der Waals surface area contributed by atoms with Gasteiger partial charge in [0.25, 0.3) is 5.56 Å². The fourth-order valence-corrected chi connectivity index (χ4v) is 1.48. The first-order valence-corrected chi connectivity index (χ1v) is 5.08. The van der Waals surface area contributed by atoms with Gasteiger partial charge >= 0.3 is 11.7 Å². The Bertz CT molecular complexity index is 707. The second kappa shape index (κ2) is 4.36. The minimum atomic E-state index is -1.10. The van der Waals surface area contributed by atoms with Crippen LogP contribution in [-0.4, -0.2) is 20.6 Å². The molecule has 0 aliphatic carbocycles. The second-order valence-corrected chi connectivity index (χ2v) is 3.81. The zero-order valence-corrected chi connectivity index (χ0v) is 9.47. The van der Waals surface area contributed by atoms with E-state index in [1.54, 1.807) is 6.92 Å². The number of carboxylic acids is 1. The molecular weight excluding hydrogens is 240 g/mol. The molecule has 0 aliphatic rings. The molecule has 0 amide bonds. The minimum Gasteiger partial charge on any atom is -0.478 e. The molecule has 0 atom stereocenters. The Balaban J connectivity index is 2.34. The quantitative estimate of drug-likeness (QED) is 0.808. The monoisotopic (exact) mass is 250 g/mol. The second-order valence-electron chi connectivity index (χ2n) is 3.81.